The third-order valence-electron chi connectivity index (χ3n) is 6.05. The molecule has 1 fully saturated rings. The van der Waals surface area contributed by atoms with Gasteiger partial charge in [-0.2, -0.15) is 0 Å². The Labute approximate surface area is 202 Å². The van der Waals surface area contributed by atoms with E-state index in [1.165, 1.54) is 0 Å². The molecule has 2 aliphatic rings. The largest absolute Gasteiger partial charge is 0.345 e. The molecule has 35 heavy (non-hydrogen) atoms. The van der Waals surface area contributed by atoms with Crippen molar-refractivity contribution in [1.29, 1.82) is 0 Å². The van der Waals surface area contributed by atoms with Crippen LogP contribution in [0.4, 0.5) is 11.4 Å². The van der Waals surface area contributed by atoms with E-state index < -0.39 is 11.9 Å². The number of carbonyl (C=O) groups is 4. The molecule has 1 atom stereocenters. The van der Waals surface area contributed by atoms with Gasteiger partial charge in [-0.15, -0.1) is 0 Å². The highest BCUT2D eigenvalue weighted by molar-refractivity contribution is 6.06. The molecule has 8 heteroatoms. The summed E-state index contributed by atoms with van der Waals surface area (Å²) in [5.74, 6) is -1.19. The van der Waals surface area contributed by atoms with E-state index in [1.807, 2.05) is 6.07 Å². The fourth-order valence-electron chi connectivity index (χ4n) is 4.27. The molecule has 0 saturated heterocycles. The molecule has 4 amide bonds. The quantitative estimate of drug-likeness (QED) is 0.494. The third kappa shape index (κ3) is 4.77. The minimum atomic E-state index is -0.726. The van der Waals surface area contributed by atoms with Crippen LogP contribution in [0.15, 0.2) is 78.9 Å². The zero-order valence-electron chi connectivity index (χ0n) is 18.9. The molecule has 5 rings (SSSR count). The van der Waals surface area contributed by atoms with Crippen molar-refractivity contribution >= 4 is 35.0 Å². The fourth-order valence-corrected chi connectivity index (χ4v) is 4.27. The summed E-state index contributed by atoms with van der Waals surface area (Å²) in [6.07, 6.45) is 1.75. The number of nitrogens with zero attached hydrogens (tertiary/aromatic N) is 1. The number of nitrogens with one attached hydrogen (secondary N) is 3. The molecule has 1 aliphatic heterocycles. The van der Waals surface area contributed by atoms with Crippen molar-refractivity contribution in [3.05, 3.63) is 95.6 Å². The summed E-state index contributed by atoms with van der Waals surface area (Å²) in [5.41, 5.74) is 2.75. The van der Waals surface area contributed by atoms with Crippen LogP contribution in [0.5, 0.6) is 0 Å². The molecule has 176 valence electrons. The second-order valence-corrected chi connectivity index (χ2v) is 8.60. The van der Waals surface area contributed by atoms with Gasteiger partial charge in [0.2, 0.25) is 11.8 Å². The van der Waals surface area contributed by atoms with E-state index in [0.29, 0.717) is 28.1 Å². The van der Waals surface area contributed by atoms with Crippen LogP contribution in [0.1, 0.15) is 45.2 Å². The lowest BCUT2D eigenvalue weighted by molar-refractivity contribution is -0.127. The monoisotopic (exact) mass is 468 g/mol. The van der Waals surface area contributed by atoms with Crippen molar-refractivity contribution in [3.63, 3.8) is 0 Å². The van der Waals surface area contributed by atoms with E-state index in [1.54, 1.807) is 77.7 Å². The van der Waals surface area contributed by atoms with Crippen molar-refractivity contribution in [1.82, 2.24) is 10.2 Å². The fraction of sp³-hybridized carbons (Fsp3) is 0.185. The Balaban J connectivity index is 1.20. The van der Waals surface area contributed by atoms with Crippen LogP contribution in [-0.4, -0.2) is 41.1 Å². The summed E-state index contributed by atoms with van der Waals surface area (Å²) in [6, 6.07) is 22.0. The number of benzene rings is 3. The molecule has 1 aliphatic carbocycles. The lowest BCUT2D eigenvalue weighted by Gasteiger charge is -2.24. The van der Waals surface area contributed by atoms with Gasteiger partial charge in [-0.3, -0.25) is 19.2 Å². The third-order valence-corrected chi connectivity index (χ3v) is 6.05. The Morgan fingerprint density at radius 1 is 0.829 bits per heavy atom. The molecule has 0 spiro atoms. The number of rotatable bonds is 7. The average molecular weight is 469 g/mol. The van der Waals surface area contributed by atoms with E-state index in [4.69, 9.17) is 0 Å². The van der Waals surface area contributed by atoms with Crippen molar-refractivity contribution in [2.45, 2.75) is 24.9 Å². The van der Waals surface area contributed by atoms with Crippen molar-refractivity contribution < 1.29 is 19.2 Å². The first-order valence-corrected chi connectivity index (χ1v) is 11.5. The van der Waals surface area contributed by atoms with E-state index in [2.05, 4.69) is 16.0 Å². The highest BCUT2D eigenvalue weighted by Crippen LogP contribution is 2.41. The molecular formula is C27H24N4O4. The molecule has 3 aromatic carbocycles. The van der Waals surface area contributed by atoms with Gasteiger partial charge in [-0.25, -0.2) is 0 Å². The first-order valence-electron chi connectivity index (χ1n) is 11.5. The minimum absolute atomic E-state index is 0.0633. The van der Waals surface area contributed by atoms with Crippen molar-refractivity contribution in [2.24, 2.45) is 0 Å². The lowest BCUT2D eigenvalue weighted by Crippen LogP contribution is -2.42. The van der Waals surface area contributed by atoms with Crippen LogP contribution in [0.3, 0.4) is 0 Å². The van der Waals surface area contributed by atoms with Crippen LogP contribution >= 0.6 is 0 Å². The highest BCUT2D eigenvalue weighted by Gasteiger charge is 2.47. The van der Waals surface area contributed by atoms with Crippen LogP contribution in [0, 0.1) is 0 Å². The van der Waals surface area contributed by atoms with Gasteiger partial charge >= 0.3 is 0 Å². The average Bonchev–Trinajstić information content (AvgIpc) is 3.67. The summed E-state index contributed by atoms with van der Waals surface area (Å²) in [4.78, 5) is 52.4. The smallest absolute Gasteiger partial charge is 0.255 e. The van der Waals surface area contributed by atoms with E-state index >= 15 is 0 Å². The zero-order chi connectivity index (χ0) is 24.4. The molecular weight excluding hydrogens is 444 g/mol. The standard InChI is InChI=1S/C27H24N4O4/c32-23(29-18-9-6-10-19(15-18)30-25(33)17-7-2-1-3-8-17)16-28-26(34)24-21-11-4-5-12-22(21)27(35)31(24)20-13-14-20/h1-12,15,20,24H,13-14,16H2,(H,28,34)(H,29,32)(H,30,33). The van der Waals surface area contributed by atoms with Crippen LogP contribution in [0.2, 0.25) is 0 Å². The van der Waals surface area contributed by atoms with Gasteiger partial charge in [0.25, 0.3) is 11.8 Å². The van der Waals surface area contributed by atoms with E-state index in [9.17, 15) is 19.2 Å². The molecule has 8 nitrogen and oxygen atoms in total. The lowest BCUT2D eigenvalue weighted by atomic mass is 10.0. The molecule has 1 heterocycles. The van der Waals surface area contributed by atoms with Crippen LogP contribution < -0.4 is 16.0 Å². The Hall–Kier alpha value is -4.46. The number of amides is 4. The van der Waals surface area contributed by atoms with Crippen molar-refractivity contribution in [3.8, 4) is 0 Å². The number of fused-ring (bicyclic) bond motifs is 1. The van der Waals surface area contributed by atoms with Gasteiger partial charge < -0.3 is 20.9 Å². The molecule has 0 bridgehead atoms. The molecule has 3 N–H and O–H groups in total. The number of carbonyl (C=O) groups excluding carboxylic acids is 4. The first kappa shape index (κ1) is 22.3. The number of hydrogen-bond donors (Lipinski definition) is 3. The maximum atomic E-state index is 13.0. The van der Waals surface area contributed by atoms with Gasteiger partial charge in [0.05, 0.1) is 6.54 Å². The summed E-state index contributed by atoms with van der Waals surface area (Å²) < 4.78 is 0. The van der Waals surface area contributed by atoms with Gasteiger partial charge in [0.15, 0.2) is 0 Å². The molecule has 3 aromatic rings. The second-order valence-electron chi connectivity index (χ2n) is 8.60. The maximum absolute atomic E-state index is 13.0. The molecule has 0 radical (unpaired) electrons. The topological polar surface area (TPSA) is 108 Å². The van der Waals surface area contributed by atoms with Gasteiger partial charge in [-0.05, 0) is 54.8 Å². The summed E-state index contributed by atoms with van der Waals surface area (Å²) in [7, 11) is 0. The Morgan fingerprint density at radius 2 is 1.51 bits per heavy atom. The maximum Gasteiger partial charge on any atom is 0.255 e. The van der Waals surface area contributed by atoms with E-state index in [0.717, 1.165) is 12.8 Å². The Kier molecular flexibility index (Phi) is 6.01. The van der Waals surface area contributed by atoms with E-state index in [-0.39, 0.29) is 30.3 Å². The highest BCUT2D eigenvalue weighted by atomic mass is 16.2. The Bertz CT molecular complexity index is 1300. The summed E-state index contributed by atoms with van der Waals surface area (Å²) in [6.45, 7) is -0.245. The SMILES string of the molecule is O=C(CNC(=O)C1c2ccccc2C(=O)N1C1CC1)Nc1cccc(NC(=O)c2ccccc2)c1. The van der Waals surface area contributed by atoms with Crippen LogP contribution in [-0.2, 0) is 9.59 Å². The predicted molar refractivity (Wildman–Crippen MR) is 131 cm³/mol. The second kappa shape index (κ2) is 9.42. The molecule has 1 unspecified atom stereocenters. The van der Waals surface area contributed by atoms with Crippen molar-refractivity contribution in [2.75, 3.05) is 17.2 Å². The normalized spacial score (nSPS) is 16.4. The number of anilines is 2. The van der Waals surface area contributed by atoms with Crippen LogP contribution in [0.25, 0.3) is 0 Å². The summed E-state index contributed by atoms with van der Waals surface area (Å²) in [5, 5.41) is 8.20. The van der Waals surface area contributed by atoms with Gasteiger partial charge in [-0.1, -0.05) is 42.5 Å². The molecule has 0 aromatic heterocycles. The minimum Gasteiger partial charge on any atom is -0.345 e. The zero-order valence-corrected chi connectivity index (χ0v) is 18.9. The predicted octanol–water partition coefficient (Wildman–Crippen LogP) is 3.35. The van der Waals surface area contributed by atoms with Gasteiger partial charge in [0.1, 0.15) is 6.04 Å². The Morgan fingerprint density at radius 3 is 2.26 bits per heavy atom. The number of hydrogen-bond acceptors (Lipinski definition) is 4. The molecule has 1 saturated carbocycles. The summed E-state index contributed by atoms with van der Waals surface area (Å²) >= 11 is 0. The van der Waals surface area contributed by atoms with Gasteiger partial charge in [0, 0.05) is 28.5 Å². The first-order chi connectivity index (χ1) is 17.0.